The predicted molar refractivity (Wildman–Crippen MR) is 127 cm³/mol. The first-order chi connectivity index (χ1) is 15.8. The number of methoxy groups -OCH3 is 2. The smallest absolute Gasteiger partial charge is 0.263 e. The maximum absolute atomic E-state index is 13.1. The van der Waals surface area contributed by atoms with E-state index in [2.05, 4.69) is 5.32 Å². The molecule has 0 radical (unpaired) electrons. The molecule has 1 aliphatic rings. The second-order valence-electron chi connectivity index (χ2n) is 7.52. The Morgan fingerprint density at radius 3 is 2.27 bits per heavy atom. The van der Waals surface area contributed by atoms with Gasteiger partial charge in [-0.2, -0.15) is 4.31 Å². The second kappa shape index (κ2) is 9.43. The molecule has 0 unspecified atom stereocenters. The molecule has 3 aromatic carbocycles. The summed E-state index contributed by atoms with van der Waals surface area (Å²) in [4.78, 5) is 13.2. The summed E-state index contributed by atoms with van der Waals surface area (Å²) in [5.74, 6) is 0.404. The third-order valence-corrected chi connectivity index (χ3v) is 7.66. The van der Waals surface area contributed by atoms with Gasteiger partial charge >= 0.3 is 0 Å². The molecule has 0 saturated carbocycles. The third-order valence-electron chi connectivity index (χ3n) is 5.55. The van der Waals surface area contributed by atoms with Gasteiger partial charge in [0.2, 0.25) is 10.0 Å². The number of nitrogens with zero attached hydrogens (tertiary/aromatic N) is 1. The summed E-state index contributed by atoms with van der Waals surface area (Å²) in [6.07, 6.45) is 0.580. The van der Waals surface area contributed by atoms with Crippen molar-refractivity contribution in [2.45, 2.75) is 17.9 Å². The number of fused-ring (bicyclic) bond motifs is 1. The van der Waals surface area contributed by atoms with Crippen LogP contribution in [-0.4, -0.2) is 39.4 Å². The molecular weight excluding hydrogens is 464 g/mol. The van der Waals surface area contributed by atoms with E-state index in [0.717, 1.165) is 11.1 Å². The molecule has 172 valence electrons. The summed E-state index contributed by atoms with van der Waals surface area (Å²) in [6.45, 7) is 0.587. The van der Waals surface area contributed by atoms with Gasteiger partial charge in [-0.3, -0.25) is 4.79 Å². The lowest BCUT2D eigenvalue weighted by Gasteiger charge is -2.28. The maximum atomic E-state index is 13.1. The van der Waals surface area contributed by atoms with Gasteiger partial charge in [0.1, 0.15) is 17.1 Å². The van der Waals surface area contributed by atoms with E-state index in [9.17, 15) is 13.2 Å². The highest BCUT2D eigenvalue weighted by molar-refractivity contribution is 7.89. The van der Waals surface area contributed by atoms with Crippen molar-refractivity contribution >= 4 is 33.2 Å². The lowest BCUT2D eigenvalue weighted by atomic mass is 10.0. The van der Waals surface area contributed by atoms with Crippen molar-refractivity contribution in [3.05, 3.63) is 82.4 Å². The number of carbonyl (C=O) groups is 1. The molecular formula is C24H23ClN2O5S. The van der Waals surface area contributed by atoms with Crippen LogP contribution >= 0.6 is 11.6 Å². The Morgan fingerprint density at radius 1 is 0.970 bits per heavy atom. The minimum atomic E-state index is -3.66. The van der Waals surface area contributed by atoms with E-state index in [0.29, 0.717) is 35.2 Å². The number of halogens is 1. The molecule has 33 heavy (non-hydrogen) atoms. The van der Waals surface area contributed by atoms with Crippen LogP contribution in [0.3, 0.4) is 0 Å². The Hall–Kier alpha value is -3.07. The van der Waals surface area contributed by atoms with Crippen LogP contribution in [0.1, 0.15) is 21.5 Å². The third kappa shape index (κ3) is 4.68. The maximum Gasteiger partial charge on any atom is 0.263 e. The van der Waals surface area contributed by atoms with E-state index >= 15 is 0 Å². The minimum Gasteiger partial charge on any atom is -0.496 e. The Kier molecular flexibility index (Phi) is 6.60. The predicted octanol–water partition coefficient (Wildman–Crippen LogP) is 4.36. The van der Waals surface area contributed by atoms with Crippen LogP contribution in [0.15, 0.2) is 65.6 Å². The van der Waals surface area contributed by atoms with Crippen LogP contribution in [0, 0.1) is 0 Å². The molecule has 0 bridgehead atoms. The highest BCUT2D eigenvalue weighted by Gasteiger charge is 2.28. The molecule has 1 heterocycles. The number of ether oxygens (including phenoxy) is 2. The van der Waals surface area contributed by atoms with Crippen LogP contribution < -0.4 is 14.8 Å². The number of benzene rings is 3. The van der Waals surface area contributed by atoms with E-state index in [1.54, 1.807) is 36.4 Å². The molecule has 0 aromatic heterocycles. The Labute approximate surface area is 197 Å². The largest absolute Gasteiger partial charge is 0.496 e. The number of anilines is 1. The van der Waals surface area contributed by atoms with Crippen molar-refractivity contribution in [2.75, 3.05) is 26.1 Å². The number of hydrogen-bond acceptors (Lipinski definition) is 5. The average molecular weight is 487 g/mol. The minimum absolute atomic E-state index is 0.197. The van der Waals surface area contributed by atoms with E-state index in [-0.39, 0.29) is 22.9 Å². The van der Waals surface area contributed by atoms with Gasteiger partial charge in [0, 0.05) is 23.8 Å². The van der Waals surface area contributed by atoms with Crippen LogP contribution in [0.4, 0.5) is 5.69 Å². The zero-order valence-electron chi connectivity index (χ0n) is 18.2. The summed E-state index contributed by atoms with van der Waals surface area (Å²) in [5, 5.41) is 3.34. The van der Waals surface area contributed by atoms with Crippen molar-refractivity contribution in [1.29, 1.82) is 0 Å². The van der Waals surface area contributed by atoms with Crippen LogP contribution in [-0.2, 0) is 23.0 Å². The molecule has 9 heteroatoms. The molecule has 1 aliphatic heterocycles. The average Bonchev–Trinajstić information content (AvgIpc) is 2.83. The molecule has 1 amide bonds. The van der Waals surface area contributed by atoms with Crippen molar-refractivity contribution in [3.63, 3.8) is 0 Å². The molecule has 1 N–H and O–H groups in total. The van der Waals surface area contributed by atoms with Gasteiger partial charge in [-0.1, -0.05) is 23.7 Å². The molecule has 0 atom stereocenters. The molecule has 0 saturated heterocycles. The van der Waals surface area contributed by atoms with Gasteiger partial charge < -0.3 is 14.8 Å². The van der Waals surface area contributed by atoms with Crippen LogP contribution in [0.5, 0.6) is 11.5 Å². The molecule has 0 aliphatic carbocycles. The van der Waals surface area contributed by atoms with Gasteiger partial charge in [-0.05, 0) is 66.1 Å². The van der Waals surface area contributed by atoms with E-state index < -0.39 is 10.0 Å². The van der Waals surface area contributed by atoms with E-state index in [1.165, 1.54) is 30.7 Å². The molecule has 3 aromatic rings. The van der Waals surface area contributed by atoms with Crippen LogP contribution in [0.2, 0.25) is 5.02 Å². The Morgan fingerprint density at radius 2 is 1.64 bits per heavy atom. The highest BCUT2D eigenvalue weighted by atomic mass is 35.5. The number of amides is 1. The number of hydrogen-bond donors (Lipinski definition) is 1. The fraction of sp³-hybridized carbons (Fsp3) is 0.208. The Bertz CT molecular complexity index is 1270. The highest BCUT2D eigenvalue weighted by Crippen LogP contribution is 2.31. The molecule has 7 nitrogen and oxygen atoms in total. The zero-order valence-corrected chi connectivity index (χ0v) is 19.7. The topological polar surface area (TPSA) is 84.9 Å². The quantitative estimate of drug-likeness (QED) is 0.559. The number of rotatable bonds is 6. The summed E-state index contributed by atoms with van der Waals surface area (Å²) in [7, 11) is -0.692. The Balaban J connectivity index is 1.58. The number of carbonyl (C=O) groups excluding carboxylic acids is 1. The lowest BCUT2D eigenvalue weighted by Crippen LogP contribution is -2.36. The monoisotopic (exact) mass is 486 g/mol. The van der Waals surface area contributed by atoms with Crippen molar-refractivity contribution in [2.24, 2.45) is 0 Å². The summed E-state index contributed by atoms with van der Waals surface area (Å²) >= 11 is 5.90. The van der Waals surface area contributed by atoms with Crippen molar-refractivity contribution < 1.29 is 22.7 Å². The fourth-order valence-electron chi connectivity index (χ4n) is 3.84. The van der Waals surface area contributed by atoms with Crippen molar-refractivity contribution in [3.8, 4) is 11.5 Å². The first-order valence-corrected chi connectivity index (χ1v) is 12.0. The van der Waals surface area contributed by atoms with E-state index in [4.69, 9.17) is 21.1 Å². The molecule has 0 spiro atoms. The first kappa shape index (κ1) is 23.1. The van der Waals surface area contributed by atoms with E-state index in [1.807, 2.05) is 12.1 Å². The van der Waals surface area contributed by atoms with Gasteiger partial charge in [0.05, 0.1) is 19.1 Å². The molecule has 4 rings (SSSR count). The van der Waals surface area contributed by atoms with Crippen LogP contribution in [0.25, 0.3) is 0 Å². The SMILES string of the molecule is COc1cccc(OC)c1C(=O)Nc1ccc2c(c1)CN(S(=O)(=O)c1ccc(Cl)cc1)CC2. The zero-order chi connectivity index (χ0) is 23.6. The second-order valence-corrected chi connectivity index (χ2v) is 9.89. The van der Waals surface area contributed by atoms with Gasteiger partial charge in [0.15, 0.2) is 0 Å². The number of nitrogens with one attached hydrogen (secondary N) is 1. The van der Waals surface area contributed by atoms with Gasteiger partial charge in [-0.15, -0.1) is 0 Å². The van der Waals surface area contributed by atoms with Crippen molar-refractivity contribution in [1.82, 2.24) is 4.31 Å². The fourth-order valence-corrected chi connectivity index (χ4v) is 5.38. The van der Waals surface area contributed by atoms with Gasteiger partial charge in [-0.25, -0.2) is 8.42 Å². The summed E-state index contributed by atoms with van der Waals surface area (Å²) < 4.78 is 38.2. The first-order valence-electron chi connectivity index (χ1n) is 10.2. The lowest BCUT2D eigenvalue weighted by molar-refractivity contribution is 0.102. The summed E-state index contributed by atoms with van der Waals surface area (Å²) in [5.41, 5.74) is 2.72. The normalized spacial score (nSPS) is 13.8. The molecule has 0 fully saturated rings. The van der Waals surface area contributed by atoms with Gasteiger partial charge in [0.25, 0.3) is 5.91 Å². The number of sulfonamides is 1. The summed E-state index contributed by atoms with van der Waals surface area (Å²) in [6, 6.07) is 16.8. The standard InChI is InChI=1S/C24H23ClN2O5S/c1-31-21-4-3-5-22(32-2)23(21)24(28)26-19-9-6-16-12-13-27(15-17(16)14-19)33(29,30)20-10-7-18(25)8-11-20/h3-11,14H,12-13,15H2,1-2H3,(H,26,28).